The fraction of sp³-hybridized carbons (Fsp3) is 0.467. The molecule has 2 aromatic rings. The lowest BCUT2D eigenvalue weighted by atomic mass is 9.89. The van der Waals surface area contributed by atoms with Crippen molar-refractivity contribution in [3.63, 3.8) is 0 Å². The Bertz CT molecular complexity index is 1290. The minimum atomic E-state index is -1.09. The highest BCUT2D eigenvalue weighted by molar-refractivity contribution is 5.77. The van der Waals surface area contributed by atoms with Gasteiger partial charge in [-0.3, -0.25) is 19.4 Å². The second-order valence-electron chi connectivity index (χ2n) is 9.90. The van der Waals surface area contributed by atoms with Gasteiger partial charge in [0.25, 0.3) is 0 Å². The summed E-state index contributed by atoms with van der Waals surface area (Å²) in [4.78, 5) is 30.0. The van der Waals surface area contributed by atoms with E-state index in [0.29, 0.717) is 49.2 Å². The first-order chi connectivity index (χ1) is 20.5. The molecule has 0 spiro atoms. The van der Waals surface area contributed by atoms with Crippen LogP contribution in [0.25, 0.3) is 0 Å². The van der Waals surface area contributed by atoms with E-state index < -0.39 is 35.9 Å². The van der Waals surface area contributed by atoms with E-state index in [2.05, 4.69) is 21.9 Å². The number of nitrogens with zero attached hydrogens (tertiary/aromatic N) is 4. The molecule has 3 heterocycles. The number of piperazine rings is 1. The van der Waals surface area contributed by atoms with Crippen LogP contribution in [0.15, 0.2) is 36.4 Å². The van der Waals surface area contributed by atoms with E-state index in [1.807, 2.05) is 12.1 Å². The Morgan fingerprint density at radius 2 is 1.10 bits per heavy atom. The second-order valence-corrected chi connectivity index (χ2v) is 9.90. The lowest BCUT2D eigenvalue weighted by Crippen LogP contribution is -2.52. The summed E-state index contributed by atoms with van der Waals surface area (Å²) in [7, 11) is 0. The molecule has 3 aliphatic heterocycles. The zero-order valence-corrected chi connectivity index (χ0v) is 23.5. The number of nitriles is 2. The van der Waals surface area contributed by atoms with E-state index in [9.17, 15) is 20.1 Å². The highest BCUT2D eigenvalue weighted by Crippen LogP contribution is 2.41. The highest BCUT2D eigenvalue weighted by Gasteiger charge is 2.41. The monoisotopic (exact) mass is 576 g/mol. The van der Waals surface area contributed by atoms with Gasteiger partial charge in [-0.05, 0) is 49.2 Å². The first-order valence-electron chi connectivity index (χ1n) is 13.9. The summed E-state index contributed by atoms with van der Waals surface area (Å²) in [6.45, 7) is 5.68. The molecule has 0 saturated carbocycles. The van der Waals surface area contributed by atoms with Gasteiger partial charge in [0.2, 0.25) is 13.6 Å². The Morgan fingerprint density at radius 3 is 1.45 bits per heavy atom. The van der Waals surface area contributed by atoms with Crippen molar-refractivity contribution in [1.29, 1.82) is 10.5 Å². The molecule has 4 atom stereocenters. The topological polar surface area (TPSA) is 144 Å². The molecule has 1 fully saturated rings. The molecule has 12 nitrogen and oxygen atoms in total. The van der Waals surface area contributed by atoms with Gasteiger partial charge in [-0.15, -0.1) is 0 Å². The molecule has 0 radical (unpaired) electrons. The van der Waals surface area contributed by atoms with Crippen LogP contribution in [0.5, 0.6) is 23.0 Å². The van der Waals surface area contributed by atoms with E-state index >= 15 is 0 Å². The largest absolute Gasteiger partial charge is 0.465 e. The SMILES string of the molecule is CCOC(=O)[C@@H](C#N)[C@H](c1ccc2c(c1)OCO2)N1CCN([C@@H](c2ccc3c(c2)OCO3)[C@@H](C#N)C(=O)OCC)CC1. The van der Waals surface area contributed by atoms with Crippen molar-refractivity contribution in [3.8, 4) is 35.1 Å². The number of benzene rings is 2. The fourth-order valence-corrected chi connectivity index (χ4v) is 5.68. The van der Waals surface area contributed by atoms with Gasteiger partial charge in [0.1, 0.15) is 0 Å². The van der Waals surface area contributed by atoms with Crippen LogP contribution in [0.4, 0.5) is 0 Å². The van der Waals surface area contributed by atoms with Gasteiger partial charge in [0.05, 0.1) is 37.4 Å². The molecule has 1 saturated heterocycles. The zero-order valence-electron chi connectivity index (χ0n) is 23.5. The molecule has 0 N–H and O–H groups in total. The maximum Gasteiger partial charge on any atom is 0.325 e. The van der Waals surface area contributed by atoms with Crippen molar-refractivity contribution in [1.82, 2.24) is 9.80 Å². The minimum Gasteiger partial charge on any atom is -0.465 e. The fourth-order valence-electron chi connectivity index (χ4n) is 5.68. The maximum atomic E-state index is 12.9. The van der Waals surface area contributed by atoms with Gasteiger partial charge in [-0.25, -0.2) is 0 Å². The van der Waals surface area contributed by atoms with Crippen molar-refractivity contribution in [3.05, 3.63) is 47.5 Å². The number of carbonyl (C=O) groups is 2. The second kappa shape index (κ2) is 13.0. The van der Waals surface area contributed by atoms with Crippen LogP contribution in [-0.2, 0) is 19.1 Å². The van der Waals surface area contributed by atoms with Crippen molar-refractivity contribution in [2.24, 2.45) is 11.8 Å². The Balaban J connectivity index is 1.43. The van der Waals surface area contributed by atoms with Crippen LogP contribution < -0.4 is 18.9 Å². The lowest BCUT2D eigenvalue weighted by molar-refractivity contribution is -0.150. The molecule has 42 heavy (non-hydrogen) atoms. The van der Waals surface area contributed by atoms with Gasteiger partial charge in [0.15, 0.2) is 34.8 Å². The van der Waals surface area contributed by atoms with Crippen LogP contribution in [-0.4, -0.2) is 74.7 Å². The van der Waals surface area contributed by atoms with Crippen LogP contribution in [0.3, 0.4) is 0 Å². The lowest BCUT2D eigenvalue weighted by Gasteiger charge is -2.43. The van der Waals surface area contributed by atoms with Crippen LogP contribution in [0.1, 0.15) is 37.1 Å². The number of hydrogen-bond acceptors (Lipinski definition) is 12. The van der Waals surface area contributed by atoms with Crippen LogP contribution >= 0.6 is 0 Å². The molecule has 0 aromatic heterocycles. The summed E-state index contributed by atoms with van der Waals surface area (Å²) >= 11 is 0. The predicted octanol–water partition coefficient (Wildman–Crippen LogP) is 2.95. The predicted molar refractivity (Wildman–Crippen MR) is 145 cm³/mol. The Morgan fingerprint density at radius 1 is 0.714 bits per heavy atom. The standard InChI is InChI=1S/C30H32N4O8/c1-3-37-29(35)21(15-31)27(19-5-7-23-25(13-19)41-17-39-23)33-9-11-34(12-10-33)28(22(16-32)30(36)38-4-2)20-6-8-24-26(14-20)42-18-40-24/h5-8,13-14,21-22,27-28H,3-4,9-12,17-18H2,1-2H3/t21-,22+,27-,28-/m0/s1. The smallest absolute Gasteiger partial charge is 0.325 e. The Labute approximate surface area is 243 Å². The average Bonchev–Trinajstić information content (AvgIpc) is 3.67. The minimum absolute atomic E-state index is 0.101. The maximum absolute atomic E-state index is 12.9. The third-order valence-corrected chi connectivity index (χ3v) is 7.60. The summed E-state index contributed by atoms with van der Waals surface area (Å²) < 4.78 is 32.6. The first-order valence-corrected chi connectivity index (χ1v) is 13.9. The number of ether oxygens (including phenoxy) is 6. The van der Waals surface area contributed by atoms with E-state index in [0.717, 1.165) is 11.1 Å². The quantitative estimate of drug-likeness (QED) is 0.384. The van der Waals surface area contributed by atoms with Crippen molar-refractivity contribution in [2.45, 2.75) is 25.9 Å². The molecule has 0 amide bonds. The van der Waals surface area contributed by atoms with E-state index in [1.165, 1.54) is 0 Å². The van der Waals surface area contributed by atoms with Crippen molar-refractivity contribution >= 4 is 11.9 Å². The van der Waals surface area contributed by atoms with Crippen LogP contribution in [0.2, 0.25) is 0 Å². The third-order valence-electron chi connectivity index (χ3n) is 7.60. The summed E-state index contributed by atoms with van der Waals surface area (Å²) in [5.74, 6) is -1.09. The number of rotatable bonds is 10. The van der Waals surface area contributed by atoms with Gasteiger partial charge >= 0.3 is 11.9 Å². The molecule has 3 aliphatic rings. The molecular weight excluding hydrogens is 544 g/mol. The van der Waals surface area contributed by atoms with Gasteiger partial charge in [-0.1, -0.05) is 12.1 Å². The van der Waals surface area contributed by atoms with Gasteiger partial charge in [0, 0.05) is 26.2 Å². The molecule has 0 aliphatic carbocycles. The molecule has 2 aromatic carbocycles. The number of hydrogen-bond donors (Lipinski definition) is 0. The summed E-state index contributed by atoms with van der Waals surface area (Å²) in [5.41, 5.74) is 1.45. The number of carbonyl (C=O) groups excluding carboxylic acids is 2. The summed E-state index contributed by atoms with van der Waals surface area (Å²) in [6.07, 6.45) is 0. The molecule has 5 rings (SSSR count). The number of fused-ring (bicyclic) bond motifs is 2. The van der Waals surface area contributed by atoms with Gasteiger partial charge in [-0.2, -0.15) is 10.5 Å². The van der Waals surface area contributed by atoms with Crippen molar-refractivity contribution < 1.29 is 38.0 Å². The highest BCUT2D eigenvalue weighted by atomic mass is 16.7. The normalized spacial score (nSPS) is 18.7. The van der Waals surface area contributed by atoms with E-state index in [4.69, 9.17) is 28.4 Å². The van der Waals surface area contributed by atoms with E-state index in [1.54, 1.807) is 38.1 Å². The molecule has 0 unspecified atom stereocenters. The number of esters is 2. The van der Waals surface area contributed by atoms with E-state index in [-0.39, 0.29) is 26.8 Å². The first kappa shape index (κ1) is 29.0. The molecule has 220 valence electrons. The molecule has 0 bridgehead atoms. The van der Waals surface area contributed by atoms with Gasteiger partial charge < -0.3 is 28.4 Å². The average molecular weight is 577 g/mol. The van der Waals surface area contributed by atoms with Crippen molar-refractivity contribution in [2.75, 3.05) is 53.0 Å². The Hall–Kier alpha value is -4.52. The van der Waals surface area contributed by atoms with Crippen LogP contribution in [0, 0.1) is 34.5 Å². The third kappa shape index (κ3) is 5.77. The zero-order chi connectivity index (χ0) is 29.6. The summed E-state index contributed by atoms with van der Waals surface area (Å²) in [5, 5.41) is 20.2. The Kier molecular flexibility index (Phi) is 8.96. The molecular formula is C30H32N4O8. The summed E-state index contributed by atoms with van der Waals surface area (Å²) in [6, 6.07) is 13.9. The molecule has 12 heteroatoms.